The zero-order valence-corrected chi connectivity index (χ0v) is 12.7. The Balaban J connectivity index is 1.57. The molecular weight excluding hydrogens is 310 g/mol. The highest BCUT2D eigenvalue weighted by Crippen LogP contribution is 2.23. The van der Waals surface area contributed by atoms with E-state index in [1.807, 2.05) is 41.9 Å². The summed E-state index contributed by atoms with van der Waals surface area (Å²) in [7, 11) is 0. The van der Waals surface area contributed by atoms with E-state index in [4.69, 9.17) is 4.74 Å². The third-order valence-electron chi connectivity index (χ3n) is 3.32. The summed E-state index contributed by atoms with van der Waals surface area (Å²) < 4.78 is 7.06. The number of hydrogen-bond donors (Lipinski definition) is 0. The van der Waals surface area contributed by atoms with Crippen LogP contribution < -0.4 is 4.74 Å². The Morgan fingerprint density at radius 2 is 2.00 bits per heavy atom. The Morgan fingerprint density at radius 1 is 1.13 bits per heavy atom. The van der Waals surface area contributed by atoms with Crippen LogP contribution in [0.5, 0.6) is 5.75 Å². The first kappa shape index (κ1) is 13.7. The van der Waals surface area contributed by atoms with E-state index in [1.165, 1.54) is 11.3 Å². The molecule has 4 aromatic rings. The van der Waals surface area contributed by atoms with Crippen LogP contribution in [0.4, 0.5) is 0 Å². The largest absolute Gasteiger partial charge is 0.422 e. The van der Waals surface area contributed by atoms with E-state index in [2.05, 4.69) is 10.1 Å². The third-order valence-corrected chi connectivity index (χ3v) is 4.17. The van der Waals surface area contributed by atoms with Gasteiger partial charge in [-0.1, -0.05) is 6.07 Å². The number of carbonyl (C=O) groups is 1. The van der Waals surface area contributed by atoms with Crippen LogP contribution in [0.1, 0.15) is 9.67 Å². The summed E-state index contributed by atoms with van der Waals surface area (Å²) in [6.45, 7) is 0. The fourth-order valence-electron chi connectivity index (χ4n) is 2.22. The highest BCUT2D eigenvalue weighted by atomic mass is 32.1. The number of thiophene rings is 1. The van der Waals surface area contributed by atoms with Gasteiger partial charge in [-0.3, -0.25) is 0 Å². The molecule has 0 aliphatic carbocycles. The molecule has 0 atom stereocenters. The molecule has 4 rings (SSSR count). The van der Waals surface area contributed by atoms with Gasteiger partial charge in [0.2, 0.25) is 0 Å². The smallest absolute Gasteiger partial charge is 0.353 e. The van der Waals surface area contributed by atoms with Gasteiger partial charge in [0, 0.05) is 24.0 Å². The Labute approximate surface area is 135 Å². The molecular formula is C17H11N3O2S. The highest BCUT2D eigenvalue weighted by Gasteiger charge is 2.10. The molecule has 0 N–H and O–H groups in total. The van der Waals surface area contributed by atoms with Gasteiger partial charge in [0.25, 0.3) is 0 Å². The van der Waals surface area contributed by atoms with E-state index in [0.29, 0.717) is 10.6 Å². The van der Waals surface area contributed by atoms with Crippen molar-refractivity contribution in [2.75, 3.05) is 0 Å². The van der Waals surface area contributed by atoms with Crippen LogP contribution in [0.2, 0.25) is 0 Å². The summed E-state index contributed by atoms with van der Waals surface area (Å²) in [6, 6.07) is 14.6. The number of hydrogen-bond acceptors (Lipinski definition) is 5. The van der Waals surface area contributed by atoms with E-state index >= 15 is 0 Å². The van der Waals surface area contributed by atoms with Crippen LogP contribution in [0.3, 0.4) is 0 Å². The number of nitrogens with zero attached hydrogens (tertiary/aromatic N) is 3. The molecule has 112 valence electrons. The maximum atomic E-state index is 11.9. The van der Waals surface area contributed by atoms with Crippen molar-refractivity contribution in [3.05, 3.63) is 71.2 Å². The number of benzene rings is 1. The molecule has 3 aromatic heterocycles. The summed E-state index contributed by atoms with van der Waals surface area (Å²) in [5, 5.41) is 6.31. The monoisotopic (exact) mass is 321 g/mol. The van der Waals surface area contributed by atoms with E-state index in [1.54, 1.807) is 28.9 Å². The zero-order chi connectivity index (χ0) is 15.6. The Hall–Kier alpha value is -2.99. The standard InChI is InChI=1S/C17H11N3O2S/c21-17(15-3-1-10-23-15)22-13-6-4-12(5-7-13)14-11-16-18-8-2-9-20(16)19-14/h1-11H. The summed E-state index contributed by atoms with van der Waals surface area (Å²) in [5.41, 5.74) is 2.54. The molecule has 0 unspecified atom stereocenters. The Kier molecular flexibility index (Phi) is 3.36. The fourth-order valence-corrected chi connectivity index (χ4v) is 2.82. The molecule has 0 saturated carbocycles. The molecule has 0 amide bonds. The van der Waals surface area contributed by atoms with Gasteiger partial charge in [0.1, 0.15) is 10.6 Å². The summed E-state index contributed by atoms with van der Waals surface area (Å²) in [4.78, 5) is 16.7. The van der Waals surface area contributed by atoms with E-state index < -0.39 is 0 Å². The predicted octanol–water partition coefficient (Wildman–Crippen LogP) is 3.68. The van der Waals surface area contributed by atoms with Crippen LogP contribution in [0.25, 0.3) is 16.9 Å². The number of aromatic nitrogens is 3. The summed E-state index contributed by atoms with van der Waals surface area (Å²) in [5.74, 6) is 0.165. The molecule has 0 aliphatic rings. The molecule has 6 heteroatoms. The average molecular weight is 321 g/mol. The number of fused-ring (bicyclic) bond motifs is 1. The lowest BCUT2D eigenvalue weighted by Gasteiger charge is -2.03. The Morgan fingerprint density at radius 3 is 2.74 bits per heavy atom. The van der Waals surface area contributed by atoms with Crippen molar-refractivity contribution < 1.29 is 9.53 Å². The van der Waals surface area contributed by atoms with Gasteiger partial charge in [-0.2, -0.15) is 5.10 Å². The zero-order valence-electron chi connectivity index (χ0n) is 11.9. The SMILES string of the molecule is O=C(Oc1ccc(-c2cc3ncccn3n2)cc1)c1cccs1. The molecule has 0 radical (unpaired) electrons. The van der Waals surface area contributed by atoms with Crippen LogP contribution in [0.15, 0.2) is 66.3 Å². The normalized spacial score (nSPS) is 10.8. The van der Waals surface area contributed by atoms with Crippen molar-refractivity contribution in [1.82, 2.24) is 14.6 Å². The van der Waals surface area contributed by atoms with Gasteiger partial charge in [-0.05, 0) is 41.8 Å². The molecule has 0 saturated heterocycles. The lowest BCUT2D eigenvalue weighted by atomic mass is 10.1. The van der Waals surface area contributed by atoms with Crippen molar-refractivity contribution in [3.63, 3.8) is 0 Å². The summed E-state index contributed by atoms with van der Waals surface area (Å²) >= 11 is 1.36. The van der Waals surface area contributed by atoms with Gasteiger partial charge in [-0.25, -0.2) is 14.3 Å². The number of ether oxygens (including phenoxy) is 1. The van der Waals surface area contributed by atoms with Gasteiger partial charge in [0.05, 0.1) is 5.69 Å². The average Bonchev–Trinajstić information content (AvgIpc) is 3.25. The molecule has 0 bridgehead atoms. The molecule has 3 heterocycles. The maximum Gasteiger partial charge on any atom is 0.353 e. The third kappa shape index (κ3) is 2.72. The first-order valence-electron chi connectivity index (χ1n) is 6.96. The van der Waals surface area contributed by atoms with Crippen molar-refractivity contribution in [1.29, 1.82) is 0 Å². The van der Waals surface area contributed by atoms with Gasteiger partial charge >= 0.3 is 5.97 Å². The molecule has 5 nitrogen and oxygen atoms in total. The minimum atomic E-state index is -0.343. The first-order chi connectivity index (χ1) is 11.3. The second-order valence-corrected chi connectivity index (χ2v) is 5.79. The van der Waals surface area contributed by atoms with E-state index in [0.717, 1.165) is 16.9 Å². The first-order valence-corrected chi connectivity index (χ1v) is 7.84. The molecule has 23 heavy (non-hydrogen) atoms. The van der Waals surface area contributed by atoms with Crippen LogP contribution in [-0.4, -0.2) is 20.6 Å². The topological polar surface area (TPSA) is 56.5 Å². The van der Waals surface area contributed by atoms with Crippen molar-refractivity contribution >= 4 is 23.0 Å². The summed E-state index contributed by atoms with van der Waals surface area (Å²) in [6.07, 6.45) is 3.58. The minimum Gasteiger partial charge on any atom is -0.422 e. The maximum absolute atomic E-state index is 11.9. The van der Waals surface area contributed by atoms with Crippen LogP contribution in [-0.2, 0) is 0 Å². The number of carbonyl (C=O) groups excluding carboxylic acids is 1. The van der Waals surface area contributed by atoms with Gasteiger partial charge < -0.3 is 4.74 Å². The van der Waals surface area contributed by atoms with Gasteiger partial charge in [0.15, 0.2) is 5.65 Å². The quantitative estimate of drug-likeness (QED) is 0.427. The van der Waals surface area contributed by atoms with Crippen molar-refractivity contribution in [2.45, 2.75) is 0 Å². The molecule has 0 aliphatic heterocycles. The molecule has 0 spiro atoms. The lowest BCUT2D eigenvalue weighted by molar-refractivity contribution is 0.0740. The highest BCUT2D eigenvalue weighted by molar-refractivity contribution is 7.12. The second-order valence-electron chi connectivity index (χ2n) is 4.84. The van der Waals surface area contributed by atoms with E-state index in [9.17, 15) is 4.79 Å². The molecule has 0 fully saturated rings. The molecule has 1 aromatic carbocycles. The Bertz CT molecular complexity index is 926. The van der Waals surface area contributed by atoms with Crippen LogP contribution >= 0.6 is 11.3 Å². The number of esters is 1. The minimum absolute atomic E-state index is 0.343. The van der Waals surface area contributed by atoms with Gasteiger partial charge in [-0.15, -0.1) is 11.3 Å². The van der Waals surface area contributed by atoms with E-state index in [-0.39, 0.29) is 5.97 Å². The fraction of sp³-hybridized carbons (Fsp3) is 0. The number of rotatable bonds is 3. The van der Waals surface area contributed by atoms with Crippen molar-refractivity contribution in [2.24, 2.45) is 0 Å². The van der Waals surface area contributed by atoms with Crippen molar-refractivity contribution in [3.8, 4) is 17.0 Å². The second kappa shape index (κ2) is 5.66. The lowest BCUT2D eigenvalue weighted by Crippen LogP contribution is -2.05. The van der Waals surface area contributed by atoms with Crippen LogP contribution in [0, 0.1) is 0 Å². The predicted molar refractivity (Wildman–Crippen MR) is 87.7 cm³/mol.